The summed E-state index contributed by atoms with van der Waals surface area (Å²) in [5.41, 5.74) is -5.24. The Kier molecular flexibility index (Phi) is 4.78. The molecule has 1 aliphatic rings. The summed E-state index contributed by atoms with van der Waals surface area (Å²) in [4.78, 5) is 12.4. The summed E-state index contributed by atoms with van der Waals surface area (Å²) in [6, 6.07) is 6.00. The van der Waals surface area contributed by atoms with Gasteiger partial charge in [0.2, 0.25) is 0 Å². The fourth-order valence-electron chi connectivity index (χ4n) is 4.70. The molecule has 0 bridgehead atoms. The lowest BCUT2D eigenvalue weighted by molar-refractivity contribution is -0.276. The maximum Gasteiger partial charge on any atom is 0.419 e. The minimum Gasteiger partial charge on any atom is -0.508 e. The van der Waals surface area contributed by atoms with Gasteiger partial charge in [0.05, 0.1) is 11.4 Å². The summed E-state index contributed by atoms with van der Waals surface area (Å²) in [5, 5.41) is 28.5. The lowest BCUT2D eigenvalue weighted by Gasteiger charge is -2.48. The molecule has 0 saturated heterocycles. The van der Waals surface area contributed by atoms with Crippen molar-refractivity contribution in [1.29, 1.82) is 0 Å². The van der Waals surface area contributed by atoms with E-state index in [1.54, 1.807) is 12.1 Å². The zero-order chi connectivity index (χ0) is 23.6. The van der Waals surface area contributed by atoms with Gasteiger partial charge in [0.1, 0.15) is 11.6 Å². The Morgan fingerprint density at radius 1 is 1.19 bits per heavy atom. The highest BCUT2D eigenvalue weighted by molar-refractivity contribution is 5.91. The number of aromatic nitrogens is 2. The Labute approximate surface area is 180 Å². The predicted molar refractivity (Wildman–Crippen MR) is 110 cm³/mol. The molecule has 3 aromatic rings. The number of phenols is 1. The van der Waals surface area contributed by atoms with Crippen LogP contribution in [0.5, 0.6) is 5.75 Å². The topological polar surface area (TPSA) is 87.4 Å². The van der Waals surface area contributed by atoms with Gasteiger partial charge in [-0.25, -0.2) is 9.07 Å². The van der Waals surface area contributed by atoms with Crippen LogP contribution in [0.3, 0.4) is 0 Å². The van der Waals surface area contributed by atoms with Gasteiger partial charge in [0, 0.05) is 24.1 Å². The van der Waals surface area contributed by atoms with E-state index < -0.39 is 46.8 Å². The average molecular weight is 451 g/mol. The Hall–Kier alpha value is -3.14. The third-order valence-electron chi connectivity index (χ3n) is 6.02. The first-order valence-corrected chi connectivity index (χ1v) is 9.81. The van der Waals surface area contributed by atoms with Crippen molar-refractivity contribution in [2.75, 3.05) is 5.32 Å². The van der Waals surface area contributed by atoms with Gasteiger partial charge in [0.15, 0.2) is 11.4 Å². The van der Waals surface area contributed by atoms with Crippen LogP contribution in [-0.2, 0) is 12.5 Å². The van der Waals surface area contributed by atoms with Crippen molar-refractivity contribution in [3.8, 4) is 5.75 Å². The SMILES string of the molecule is Cn1nc(NC2c3cc(F)cc(O)c3C(C)(C)CC2(O)C(F)(F)F)c2ccccc2c1=O. The van der Waals surface area contributed by atoms with Crippen molar-refractivity contribution >= 4 is 16.6 Å². The van der Waals surface area contributed by atoms with Crippen molar-refractivity contribution < 1.29 is 27.8 Å². The fourth-order valence-corrected chi connectivity index (χ4v) is 4.70. The van der Waals surface area contributed by atoms with Gasteiger partial charge in [-0.05, 0) is 29.5 Å². The number of phenolic OH excluding ortho intramolecular Hbond substituents is 1. The number of aliphatic hydroxyl groups is 1. The standard InChI is InChI=1S/C22H21F4N3O3/c1-20(2)10-21(32,22(24,25)26)17(14-8-11(23)9-15(30)16(14)20)27-18-12-6-4-5-7-13(12)19(31)29(3)28-18/h4-9,17,30,32H,10H2,1-3H3,(H,27,28). The van der Waals surface area contributed by atoms with Crippen LogP contribution in [0.4, 0.5) is 23.4 Å². The van der Waals surface area contributed by atoms with E-state index in [4.69, 9.17) is 0 Å². The molecule has 0 aliphatic heterocycles. The number of benzene rings is 2. The van der Waals surface area contributed by atoms with Crippen LogP contribution in [0.15, 0.2) is 41.2 Å². The summed E-state index contributed by atoms with van der Waals surface area (Å²) >= 11 is 0. The molecule has 1 aliphatic carbocycles. The molecule has 6 nitrogen and oxygen atoms in total. The van der Waals surface area contributed by atoms with Crippen molar-refractivity contribution in [2.24, 2.45) is 7.05 Å². The summed E-state index contributed by atoms with van der Waals surface area (Å²) in [7, 11) is 1.35. The molecular formula is C22H21F4N3O3. The predicted octanol–water partition coefficient (Wildman–Crippen LogP) is 3.91. The van der Waals surface area contributed by atoms with E-state index in [2.05, 4.69) is 10.4 Å². The molecule has 0 saturated carbocycles. The molecule has 2 unspecified atom stereocenters. The minimum absolute atomic E-state index is 0.0928. The van der Waals surface area contributed by atoms with Gasteiger partial charge in [-0.1, -0.05) is 32.0 Å². The zero-order valence-corrected chi connectivity index (χ0v) is 17.5. The zero-order valence-electron chi connectivity index (χ0n) is 17.5. The van der Waals surface area contributed by atoms with Crippen LogP contribution in [0.1, 0.15) is 37.4 Å². The number of aryl methyl sites for hydroxylation is 1. The van der Waals surface area contributed by atoms with Crippen LogP contribution in [0.2, 0.25) is 0 Å². The van der Waals surface area contributed by atoms with Gasteiger partial charge in [-0.15, -0.1) is 0 Å². The molecule has 2 atom stereocenters. The molecule has 10 heteroatoms. The maximum absolute atomic E-state index is 14.3. The lowest BCUT2D eigenvalue weighted by Crippen LogP contribution is -2.58. The first-order chi connectivity index (χ1) is 14.8. The van der Waals surface area contributed by atoms with E-state index >= 15 is 0 Å². The molecule has 3 N–H and O–H groups in total. The van der Waals surface area contributed by atoms with E-state index in [9.17, 15) is 32.6 Å². The van der Waals surface area contributed by atoms with Crippen LogP contribution in [0.25, 0.3) is 10.8 Å². The van der Waals surface area contributed by atoms with Crippen LogP contribution in [-0.4, -0.2) is 31.8 Å². The second-order valence-electron chi connectivity index (χ2n) is 8.77. The van der Waals surface area contributed by atoms with Crippen molar-refractivity contribution in [3.63, 3.8) is 0 Å². The van der Waals surface area contributed by atoms with Crippen molar-refractivity contribution in [2.45, 2.75) is 43.5 Å². The quantitative estimate of drug-likeness (QED) is 0.515. The number of rotatable bonds is 2. The lowest BCUT2D eigenvalue weighted by atomic mass is 9.63. The van der Waals surface area contributed by atoms with Gasteiger partial charge in [-0.2, -0.15) is 18.3 Å². The average Bonchev–Trinajstić information content (AvgIpc) is 2.66. The Balaban J connectivity index is 2.01. The first kappa shape index (κ1) is 22.1. The van der Waals surface area contributed by atoms with Crippen LogP contribution >= 0.6 is 0 Å². The molecular weight excluding hydrogens is 430 g/mol. The maximum atomic E-state index is 14.3. The molecule has 0 spiro atoms. The highest BCUT2D eigenvalue weighted by atomic mass is 19.4. The summed E-state index contributed by atoms with van der Waals surface area (Å²) < 4.78 is 57.9. The normalized spacial score (nSPS) is 22.6. The number of hydrogen-bond acceptors (Lipinski definition) is 5. The van der Waals surface area contributed by atoms with E-state index in [-0.39, 0.29) is 27.7 Å². The van der Waals surface area contributed by atoms with Gasteiger partial charge >= 0.3 is 6.18 Å². The second kappa shape index (κ2) is 6.93. The molecule has 170 valence electrons. The van der Waals surface area contributed by atoms with E-state index in [0.717, 1.165) is 16.8 Å². The molecule has 2 aromatic carbocycles. The van der Waals surface area contributed by atoms with Gasteiger partial charge in [-0.3, -0.25) is 4.79 Å². The molecule has 0 radical (unpaired) electrons. The number of fused-ring (bicyclic) bond motifs is 2. The minimum atomic E-state index is -5.10. The Morgan fingerprint density at radius 3 is 2.44 bits per heavy atom. The van der Waals surface area contributed by atoms with Crippen molar-refractivity contribution in [1.82, 2.24) is 9.78 Å². The summed E-state index contributed by atoms with van der Waals surface area (Å²) in [6.45, 7) is 2.88. The smallest absolute Gasteiger partial charge is 0.419 e. The van der Waals surface area contributed by atoms with Crippen LogP contribution in [0, 0.1) is 5.82 Å². The van der Waals surface area contributed by atoms with Crippen molar-refractivity contribution in [3.05, 3.63) is 63.7 Å². The molecule has 0 amide bonds. The molecule has 0 fully saturated rings. The van der Waals surface area contributed by atoms with Gasteiger partial charge in [0.25, 0.3) is 5.56 Å². The molecule has 32 heavy (non-hydrogen) atoms. The monoisotopic (exact) mass is 451 g/mol. The van der Waals surface area contributed by atoms with E-state index in [1.165, 1.54) is 33.0 Å². The largest absolute Gasteiger partial charge is 0.508 e. The molecule has 1 heterocycles. The van der Waals surface area contributed by atoms with Crippen LogP contribution < -0.4 is 10.9 Å². The van der Waals surface area contributed by atoms with Gasteiger partial charge < -0.3 is 15.5 Å². The third kappa shape index (κ3) is 3.21. The fraction of sp³-hybridized carbons (Fsp3) is 0.364. The second-order valence-corrected chi connectivity index (χ2v) is 8.77. The number of nitrogens with zero attached hydrogens (tertiary/aromatic N) is 2. The molecule has 1 aromatic heterocycles. The number of aromatic hydroxyl groups is 1. The Morgan fingerprint density at radius 2 is 1.81 bits per heavy atom. The number of nitrogens with one attached hydrogen (secondary N) is 1. The van der Waals surface area contributed by atoms with E-state index in [0.29, 0.717) is 0 Å². The summed E-state index contributed by atoms with van der Waals surface area (Å²) in [5.74, 6) is -1.54. The highest BCUT2D eigenvalue weighted by Crippen LogP contribution is 2.56. The number of anilines is 1. The number of hydrogen-bond donors (Lipinski definition) is 3. The summed E-state index contributed by atoms with van der Waals surface area (Å²) in [6.07, 6.45) is -5.89. The number of alkyl halides is 3. The highest BCUT2D eigenvalue weighted by Gasteiger charge is 2.64. The first-order valence-electron chi connectivity index (χ1n) is 9.81. The number of halogens is 4. The van der Waals surface area contributed by atoms with E-state index in [1.807, 2.05) is 0 Å². The Bertz CT molecular complexity index is 1290. The molecule has 4 rings (SSSR count). The third-order valence-corrected chi connectivity index (χ3v) is 6.02.